The lowest BCUT2D eigenvalue weighted by Crippen LogP contribution is -2.21. The van der Waals surface area contributed by atoms with E-state index in [0.717, 1.165) is 17.7 Å². The summed E-state index contributed by atoms with van der Waals surface area (Å²) in [6, 6.07) is 15.1. The number of aryl methyl sites for hydroxylation is 1. The zero-order chi connectivity index (χ0) is 15.8. The van der Waals surface area contributed by atoms with E-state index in [-0.39, 0.29) is 12.5 Å². The molecule has 2 aromatic carbocycles. The van der Waals surface area contributed by atoms with E-state index in [2.05, 4.69) is 12.2 Å². The lowest BCUT2D eigenvalue weighted by Gasteiger charge is -2.13. The van der Waals surface area contributed by atoms with Crippen LogP contribution in [0.25, 0.3) is 0 Å². The Labute approximate surface area is 131 Å². The standard InChI is InChI=1S/C18H21NO3/c1-3-14-9-5-7-11-16(14)22-13-18(20)19-15-10-6-8-12-17(15)21-4-2/h5-12H,3-4,13H2,1-2H3,(H,19,20). The van der Waals surface area contributed by atoms with Crippen LogP contribution < -0.4 is 14.8 Å². The van der Waals surface area contributed by atoms with Crippen LogP contribution >= 0.6 is 0 Å². The van der Waals surface area contributed by atoms with Gasteiger partial charge in [-0.15, -0.1) is 0 Å². The summed E-state index contributed by atoms with van der Waals surface area (Å²) in [6.07, 6.45) is 0.866. The zero-order valence-electron chi connectivity index (χ0n) is 13.0. The van der Waals surface area contributed by atoms with Crippen LogP contribution in [0.1, 0.15) is 19.4 Å². The molecule has 1 amide bonds. The van der Waals surface area contributed by atoms with E-state index in [4.69, 9.17) is 9.47 Å². The number of carbonyl (C=O) groups is 1. The molecule has 4 heteroatoms. The van der Waals surface area contributed by atoms with Gasteiger partial charge in [-0.3, -0.25) is 4.79 Å². The lowest BCUT2D eigenvalue weighted by molar-refractivity contribution is -0.118. The van der Waals surface area contributed by atoms with Crippen molar-refractivity contribution in [3.05, 3.63) is 54.1 Å². The van der Waals surface area contributed by atoms with Crippen LogP contribution in [0.15, 0.2) is 48.5 Å². The second kappa shape index (κ2) is 8.08. The average molecular weight is 299 g/mol. The lowest BCUT2D eigenvalue weighted by atomic mass is 10.1. The molecule has 0 aliphatic heterocycles. The van der Waals surface area contributed by atoms with E-state index >= 15 is 0 Å². The fourth-order valence-corrected chi connectivity index (χ4v) is 2.12. The Bertz CT molecular complexity index is 625. The summed E-state index contributed by atoms with van der Waals surface area (Å²) in [6.45, 7) is 4.48. The van der Waals surface area contributed by atoms with E-state index in [1.54, 1.807) is 0 Å². The van der Waals surface area contributed by atoms with Crippen LogP contribution in [-0.2, 0) is 11.2 Å². The molecule has 0 atom stereocenters. The molecule has 22 heavy (non-hydrogen) atoms. The van der Waals surface area contributed by atoms with Crippen LogP contribution in [0.3, 0.4) is 0 Å². The summed E-state index contributed by atoms with van der Waals surface area (Å²) < 4.78 is 11.1. The smallest absolute Gasteiger partial charge is 0.262 e. The average Bonchev–Trinajstić information content (AvgIpc) is 2.55. The Hall–Kier alpha value is -2.49. The minimum atomic E-state index is -0.210. The number of carbonyl (C=O) groups excluding carboxylic acids is 1. The van der Waals surface area contributed by atoms with Gasteiger partial charge in [0.15, 0.2) is 6.61 Å². The van der Waals surface area contributed by atoms with Crippen LogP contribution in [0.2, 0.25) is 0 Å². The van der Waals surface area contributed by atoms with Gasteiger partial charge in [-0.1, -0.05) is 37.3 Å². The third kappa shape index (κ3) is 4.25. The molecule has 0 fully saturated rings. The first-order valence-corrected chi connectivity index (χ1v) is 7.47. The van der Waals surface area contributed by atoms with Crippen molar-refractivity contribution < 1.29 is 14.3 Å². The highest BCUT2D eigenvalue weighted by Gasteiger charge is 2.09. The van der Waals surface area contributed by atoms with Gasteiger partial charge in [-0.2, -0.15) is 0 Å². The Kier molecular flexibility index (Phi) is 5.83. The van der Waals surface area contributed by atoms with Gasteiger partial charge in [0, 0.05) is 0 Å². The highest BCUT2D eigenvalue weighted by Crippen LogP contribution is 2.24. The van der Waals surface area contributed by atoms with Crippen molar-refractivity contribution in [1.29, 1.82) is 0 Å². The number of nitrogens with one attached hydrogen (secondary N) is 1. The van der Waals surface area contributed by atoms with Crippen LogP contribution in [0, 0.1) is 0 Å². The summed E-state index contributed by atoms with van der Waals surface area (Å²) in [5.41, 5.74) is 1.74. The molecule has 0 spiro atoms. The number of benzene rings is 2. The number of ether oxygens (including phenoxy) is 2. The van der Waals surface area contributed by atoms with Crippen LogP contribution in [0.4, 0.5) is 5.69 Å². The van der Waals surface area contributed by atoms with Crippen molar-refractivity contribution in [2.75, 3.05) is 18.5 Å². The van der Waals surface area contributed by atoms with Gasteiger partial charge in [-0.05, 0) is 37.1 Å². The Balaban J connectivity index is 1.96. The second-order valence-electron chi connectivity index (χ2n) is 4.73. The topological polar surface area (TPSA) is 47.6 Å². The van der Waals surface area contributed by atoms with Gasteiger partial charge in [0.05, 0.1) is 12.3 Å². The highest BCUT2D eigenvalue weighted by molar-refractivity contribution is 5.93. The van der Waals surface area contributed by atoms with Gasteiger partial charge in [-0.25, -0.2) is 0 Å². The van der Waals surface area contributed by atoms with E-state index in [1.807, 2.05) is 55.5 Å². The number of anilines is 1. The first-order valence-electron chi connectivity index (χ1n) is 7.47. The number of amides is 1. The molecule has 1 N–H and O–H groups in total. The normalized spacial score (nSPS) is 10.1. The van der Waals surface area contributed by atoms with E-state index in [1.165, 1.54) is 0 Å². The van der Waals surface area contributed by atoms with Crippen molar-refractivity contribution in [1.82, 2.24) is 0 Å². The first-order chi connectivity index (χ1) is 10.7. The predicted molar refractivity (Wildman–Crippen MR) is 87.6 cm³/mol. The SMILES string of the molecule is CCOc1ccccc1NC(=O)COc1ccccc1CC. The summed E-state index contributed by atoms with van der Waals surface area (Å²) in [4.78, 5) is 12.1. The Morgan fingerprint density at radius 2 is 1.64 bits per heavy atom. The third-order valence-electron chi connectivity index (χ3n) is 3.17. The van der Waals surface area contributed by atoms with E-state index < -0.39 is 0 Å². The number of para-hydroxylation sites is 3. The van der Waals surface area contributed by atoms with Crippen LogP contribution in [0.5, 0.6) is 11.5 Å². The molecule has 4 nitrogen and oxygen atoms in total. The first kappa shape index (κ1) is 15.9. The van der Waals surface area contributed by atoms with Crippen molar-refractivity contribution in [2.45, 2.75) is 20.3 Å². The Morgan fingerprint density at radius 1 is 0.955 bits per heavy atom. The molecule has 2 rings (SSSR count). The number of hydrogen-bond donors (Lipinski definition) is 1. The number of hydrogen-bond acceptors (Lipinski definition) is 3. The van der Waals surface area contributed by atoms with Gasteiger partial charge in [0.1, 0.15) is 11.5 Å². The van der Waals surface area contributed by atoms with Crippen molar-refractivity contribution >= 4 is 11.6 Å². The van der Waals surface area contributed by atoms with Crippen molar-refractivity contribution in [2.24, 2.45) is 0 Å². The maximum Gasteiger partial charge on any atom is 0.262 e. The molecule has 0 aromatic heterocycles. The van der Waals surface area contributed by atoms with Gasteiger partial charge < -0.3 is 14.8 Å². The summed E-state index contributed by atoms with van der Waals surface area (Å²) in [7, 11) is 0. The molecule has 2 aromatic rings. The predicted octanol–water partition coefficient (Wildman–Crippen LogP) is 3.67. The van der Waals surface area contributed by atoms with Gasteiger partial charge >= 0.3 is 0 Å². The quantitative estimate of drug-likeness (QED) is 0.848. The molecule has 0 aliphatic carbocycles. The van der Waals surface area contributed by atoms with Crippen LogP contribution in [-0.4, -0.2) is 19.1 Å². The van der Waals surface area contributed by atoms with Gasteiger partial charge in [0.25, 0.3) is 5.91 Å². The fraction of sp³-hybridized carbons (Fsp3) is 0.278. The minimum absolute atomic E-state index is 0.0303. The molecule has 0 radical (unpaired) electrons. The molecular weight excluding hydrogens is 278 g/mol. The maximum atomic E-state index is 12.1. The molecule has 116 valence electrons. The highest BCUT2D eigenvalue weighted by atomic mass is 16.5. The Morgan fingerprint density at radius 3 is 2.36 bits per heavy atom. The van der Waals surface area contributed by atoms with E-state index in [9.17, 15) is 4.79 Å². The molecule has 0 unspecified atom stereocenters. The monoisotopic (exact) mass is 299 g/mol. The largest absolute Gasteiger partial charge is 0.492 e. The summed E-state index contributed by atoms with van der Waals surface area (Å²) in [5.74, 6) is 1.20. The molecule has 0 saturated carbocycles. The van der Waals surface area contributed by atoms with Crippen molar-refractivity contribution in [3.63, 3.8) is 0 Å². The number of rotatable bonds is 7. The third-order valence-corrected chi connectivity index (χ3v) is 3.17. The fourth-order valence-electron chi connectivity index (χ4n) is 2.12. The molecular formula is C18H21NO3. The summed E-state index contributed by atoms with van der Waals surface area (Å²) >= 11 is 0. The summed E-state index contributed by atoms with van der Waals surface area (Å²) in [5, 5.41) is 2.81. The minimum Gasteiger partial charge on any atom is -0.492 e. The maximum absolute atomic E-state index is 12.1. The molecule has 0 aliphatic rings. The molecule has 0 saturated heterocycles. The van der Waals surface area contributed by atoms with Gasteiger partial charge in [0.2, 0.25) is 0 Å². The van der Waals surface area contributed by atoms with Crippen molar-refractivity contribution in [3.8, 4) is 11.5 Å². The molecule has 0 bridgehead atoms. The molecule has 0 heterocycles. The zero-order valence-corrected chi connectivity index (χ0v) is 13.0. The van der Waals surface area contributed by atoms with E-state index in [0.29, 0.717) is 18.0 Å². The second-order valence-corrected chi connectivity index (χ2v) is 4.73.